The largest absolute Gasteiger partial charge is 0.463 e. The SMILES string of the molecule is CCOC(=O)c1ccoc1-c1ccc([N+](=O)[O-])cc1. The summed E-state index contributed by atoms with van der Waals surface area (Å²) >= 11 is 0. The monoisotopic (exact) mass is 261 g/mol. The number of ether oxygens (including phenoxy) is 1. The van der Waals surface area contributed by atoms with Gasteiger partial charge in [0.2, 0.25) is 0 Å². The summed E-state index contributed by atoms with van der Waals surface area (Å²) < 4.78 is 10.2. The maximum Gasteiger partial charge on any atom is 0.342 e. The number of non-ortho nitro benzene ring substituents is 1. The standard InChI is InChI=1S/C13H11NO5/c1-2-18-13(15)11-7-8-19-12(11)9-3-5-10(6-4-9)14(16)17/h3-8H,2H2,1H3. The number of nitrogens with zero attached hydrogens (tertiary/aromatic N) is 1. The van der Waals surface area contributed by atoms with Crippen LogP contribution >= 0.6 is 0 Å². The van der Waals surface area contributed by atoms with Crippen molar-refractivity contribution >= 4 is 11.7 Å². The van der Waals surface area contributed by atoms with Gasteiger partial charge in [-0.25, -0.2) is 4.79 Å². The lowest BCUT2D eigenvalue weighted by molar-refractivity contribution is -0.384. The van der Waals surface area contributed by atoms with Gasteiger partial charge in [-0.15, -0.1) is 0 Å². The second-order valence-electron chi connectivity index (χ2n) is 3.69. The van der Waals surface area contributed by atoms with Crippen molar-refractivity contribution in [2.24, 2.45) is 0 Å². The molecule has 0 N–H and O–H groups in total. The van der Waals surface area contributed by atoms with Gasteiger partial charge in [0.25, 0.3) is 5.69 Å². The van der Waals surface area contributed by atoms with E-state index < -0.39 is 10.9 Å². The van der Waals surface area contributed by atoms with Gasteiger partial charge >= 0.3 is 5.97 Å². The lowest BCUT2D eigenvalue weighted by Crippen LogP contribution is -2.04. The summed E-state index contributed by atoms with van der Waals surface area (Å²) in [6, 6.07) is 7.27. The van der Waals surface area contributed by atoms with Crippen molar-refractivity contribution < 1.29 is 18.9 Å². The second kappa shape index (κ2) is 5.34. The Morgan fingerprint density at radius 1 is 1.32 bits per heavy atom. The van der Waals surface area contributed by atoms with Gasteiger partial charge in [-0.3, -0.25) is 10.1 Å². The number of hydrogen-bond acceptors (Lipinski definition) is 5. The van der Waals surface area contributed by atoms with Crippen LogP contribution in [0.3, 0.4) is 0 Å². The number of rotatable bonds is 4. The van der Waals surface area contributed by atoms with Gasteiger partial charge in [0.05, 0.1) is 17.8 Å². The van der Waals surface area contributed by atoms with Crippen LogP contribution in [0.1, 0.15) is 17.3 Å². The third-order valence-electron chi connectivity index (χ3n) is 2.50. The molecule has 1 aromatic carbocycles. The van der Waals surface area contributed by atoms with E-state index in [0.717, 1.165) is 0 Å². The number of benzene rings is 1. The van der Waals surface area contributed by atoms with Crippen molar-refractivity contribution in [1.29, 1.82) is 0 Å². The highest BCUT2D eigenvalue weighted by Gasteiger charge is 2.17. The van der Waals surface area contributed by atoms with E-state index in [1.54, 1.807) is 6.92 Å². The molecule has 0 saturated carbocycles. The summed E-state index contributed by atoms with van der Waals surface area (Å²) in [4.78, 5) is 21.8. The predicted octanol–water partition coefficient (Wildman–Crippen LogP) is 3.03. The number of furan rings is 1. The van der Waals surface area contributed by atoms with E-state index in [-0.39, 0.29) is 12.3 Å². The van der Waals surface area contributed by atoms with Crippen molar-refractivity contribution in [3.63, 3.8) is 0 Å². The topological polar surface area (TPSA) is 82.6 Å². The fraction of sp³-hybridized carbons (Fsp3) is 0.154. The molecule has 0 unspecified atom stereocenters. The van der Waals surface area contributed by atoms with E-state index in [1.807, 2.05) is 0 Å². The molecule has 2 rings (SSSR count). The van der Waals surface area contributed by atoms with Gasteiger partial charge in [0, 0.05) is 17.7 Å². The first-order valence-corrected chi connectivity index (χ1v) is 5.63. The van der Waals surface area contributed by atoms with Crippen LogP contribution in [0, 0.1) is 10.1 Å². The van der Waals surface area contributed by atoms with E-state index in [2.05, 4.69) is 0 Å². The third kappa shape index (κ3) is 2.62. The summed E-state index contributed by atoms with van der Waals surface area (Å²) in [5.41, 5.74) is 0.863. The first-order chi connectivity index (χ1) is 9.13. The molecule has 2 aromatic rings. The number of nitro groups is 1. The summed E-state index contributed by atoms with van der Waals surface area (Å²) in [6.45, 7) is 1.98. The average Bonchev–Trinajstić information content (AvgIpc) is 2.88. The minimum atomic E-state index is -0.488. The molecule has 0 aliphatic heterocycles. The van der Waals surface area contributed by atoms with Crippen molar-refractivity contribution in [2.45, 2.75) is 6.92 Å². The average molecular weight is 261 g/mol. The molecule has 6 nitrogen and oxygen atoms in total. The molecule has 0 spiro atoms. The van der Waals surface area contributed by atoms with Crippen LogP contribution in [0.5, 0.6) is 0 Å². The Balaban J connectivity index is 2.34. The minimum Gasteiger partial charge on any atom is -0.463 e. The first-order valence-electron chi connectivity index (χ1n) is 5.63. The Morgan fingerprint density at radius 3 is 2.58 bits per heavy atom. The molecule has 6 heteroatoms. The molecular weight excluding hydrogens is 250 g/mol. The summed E-state index contributed by atoms with van der Waals surface area (Å²) in [5, 5.41) is 10.6. The Kier molecular flexibility index (Phi) is 3.61. The van der Waals surface area contributed by atoms with Gasteiger partial charge in [0.15, 0.2) is 0 Å². The zero-order chi connectivity index (χ0) is 13.8. The van der Waals surface area contributed by atoms with E-state index in [4.69, 9.17) is 9.15 Å². The van der Waals surface area contributed by atoms with Crippen molar-refractivity contribution in [2.75, 3.05) is 6.61 Å². The Labute approximate surface area is 108 Å². The molecule has 0 amide bonds. The van der Waals surface area contributed by atoms with Crippen molar-refractivity contribution in [1.82, 2.24) is 0 Å². The van der Waals surface area contributed by atoms with Gasteiger partial charge in [-0.2, -0.15) is 0 Å². The maximum absolute atomic E-state index is 11.7. The van der Waals surface area contributed by atoms with Crippen LogP contribution in [0.15, 0.2) is 41.0 Å². The summed E-state index contributed by atoms with van der Waals surface area (Å²) in [6.07, 6.45) is 1.38. The first kappa shape index (κ1) is 12.8. The zero-order valence-electron chi connectivity index (χ0n) is 10.2. The Hall–Kier alpha value is -2.63. The lowest BCUT2D eigenvalue weighted by Gasteiger charge is -2.02. The number of carbonyl (C=O) groups excluding carboxylic acids is 1. The van der Waals surface area contributed by atoms with Gasteiger partial charge in [0.1, 0.15) is 11.3 Å². The third-order valence-corrected chi connectivity index (χ3v) is 2.50. The van der Waals surface area contributed by atoms with Crippen molar-refractivity contribution in [3.8, 4) is 11.3 Å². The highest BCUT2D eigenvalue weighted by Crippen LogP contribution is 2.27. The number of nitro benzene ring substituents is 1. The zero-order valence-corrected chi connectivity index (χ0v) is 10.2. The molecule has 1 aromatic heterocycles. The van der Waals surface area contributed by atoms with Crippen LogP contribution in [0.2, 0.25) is 0 Å². The number of hydrogen-bond donors (Lipinski definition) is 0. The summed E-state index contributed by atoms with van der Waals surface area (Å²) in [7, 11) is 0. The van der Waals surface area contributed by atoms with Crippen LogP contribution in [-0.2, 0) is 4.74 Å². The maximum atomic E-state index is 11.7. The summed E-state index contributed by atoms with van der Waals surface area (Å²) in [5.74, 6) is -0.141. The van der Waals surface area contributed by atoms with Gasteiger partial charge in [-0.1, -0.05) is 0 Å². The normalized spacial score (nSPS) is 10.2. The highest BCUT2D eigenvalue weighted by molar-refractivity contribution is 5.95. The number of esters is 1. The Morgan fingerprint density at radius 2 is 2.00 bits per heavy atom. The van der Waals surface area contributed by atoms with E-state index in [1.165, 1.54) is 36.6 Å². The Bertz CT molecular complexity index is 600. The smallest absolute Gasteiger partial charge is 0.342 e. The molecular formula is C13H11NO5. The molecule has 1 heterocycles. The lowest BCUT2D eigenvalue weighted by atomic mass is 10.1. The van der Waals surface area contributed by atoms with Crippen molar-refractivity contribution in [3.05, 3.63) is 52.3 Å². The van der Waals surface area contributed by atoms with E-state index >= 15 is 0 Å². The molecule has 0 radical (unpaired) electrons. The minimum absolute atomic E-state index is 0.0204. The van der Waals surface area contributed by atoms with E-state index in [0.29, 0.717) is 16.9 Å². The van der Waals surface area contributed by atoms with Crippen LogP contribution < -0.4 is 0 Å². The van der Waals surface area contributed by atoms with E-state index in [9.17, 15) is 14.9 Å². The molecule has 0 aliphatic rings. The second-order valence-corrected chi connectivity index (χ2v) is 3.69. The van der Waals surface area contributed by atoms with Crippen LogP contribution in [0.4, 0.5) is 5.69 Å². The van der Waals surface area contributed by atoms with Gasteiger partial charge in [-0.05, 0) is 25.1 Å². The highest BCUT2D eigenvalue weighted by atomic mass is 16.6. The molecule has 0 saturated heterocycles. The molecule has 0 atom stereocenters. The molecule has 0 aliphatic carbocycles. The van der Waals surface area contributed by atoms with Gasteiger partial charge < -0.3 is 9.15 Å². The molecule has 0 bridgehead atoms. The fourth-order valence-electron chi connectivity index (χ4n) is 1.64. The fourth-order valence-corrected chi connectivity index (χ4v) is 1.64. The molecule has 0 fully saturated rings. The molecule has 19 heavy (non-hydrogen) atoms. The number of carbonyl (C=O) groups is 1. The quantitative estimate of drug-likeness (QED) is 0.480. The van der Waals surface area contributed by atoms with Crippen LogP contribution in [-0.4, -0.2) is 17.5 Å². The molecule has 98 valence electrons. The van der Waals surface area contributed by atoms with Crippen LogP contribution in [0.25, 0.3) is 11.3 Å². The predicted molar refractivity (Wildman–Crippen MR) is 66.8 cm³/mol.